The summed E-state index contributed by atoms with van der Waals surface area (Å²) in [5.74, 6) is -0.00454. The molecule has 0 aliphatic rings. The highest BCUT2D eigenvalue weighted by Gasteiger charge is 2.21. The van der Waals surface area contributed by atoms with E-state index in [2.05, 4.69) is 0 Å². The van der Waals surface area contributed by atoms with Gasteiger partial charge in [-0.25, -0.2) is 0 Å². The van der Waals surface area contributed by atoms with Gasteiger partial charge >= 0.3 is 0 Å². The van der Waals surface area contributed by atoms with Crippen molar-refractivity contribution in [1.82, 2.24) is 0 Å². The van der Waals surface area contributed by atoms with Crippen LogP contribution in [0.15, 0.2) is 0 Å². The third kappa shape index (κ3) is 5.38. The Labute approximate surface area is 82.2 Å². The van der Waals surface area contributed by atoms with Gasteiger partial charge < -0.3 is 20.9 Å². The van der Waals surface area contributed by atoms with Crippen LogP contribution in [-0.2, 0) is 9.47 Å². The van der Waals surface area contributed by atoms with Gasteiger partial charge in [0.2, 0.25) is 0 Å². The summed E-state index contributed by atoms with van der Waals surface area (Å²) < 4.78 is 10.5. The summed E-state index contributed by atoms with van der Waals surface area (Å²) in [6, 6.07) is 2.21. The predicted molar refractivity (Wildman–Crippen MR) is 57.3 cm³/mol. The van der Waals surface area contributed by atoms with Crippen LogP contribution in [0.5, 0.6) is 0 Å². The van der Waals surface area contributed by atoms with Crippen LogP contribution in [0.2, 0.25) is 12.1 Å². The maximum atomic E-state index is 5.54. The van der Waals surface area contributed by atoms with E-state index < -0.39 is 8.80 Å². The fourth-order valence-corrected chi connectivity index (χ4v) is 4.28. The molecule has 13 heavy (non-hydrogen) atoms. The van der Waals surface area contributed by atoms with Gasteiger partial charge in [0, 0.05) is 14.2 Å². The molecule has 0 spiro atoms. The molecular formula is C8H22N2O2Si. The van der Waals surface area contributed by atoms with Gasteiger partial charge in [-0.05, 0) is 25.6 Å². The molecule has 4 N–H and O–H groups in total. The average molecular weight is 206 g/mol. The van der Waals surface area contributed by atoms with Crippen molar-refractivity contribution < 1.29 is 9.47 Å². The van der Waals surface area contributed by atoms with Crippen molar-refractivity contribution in [2.75, 3.05) is 27.3 Å². The smallest absolute Gasteiger partial charge is 0.137 e. The van der Waals surface area contributed by atoms with Gasteiger partial charge in [0.15, 0.2) is 0 Å². The molecule has 1 atom stereocenters. The second-order valence-electron chi connectivity index (χ2n) is 3.11. The Morgan fingerprint density at radius 2 is 1.69 bits per heavy atom. The summed E-state index contributed by atoms with van der Waals surface area (Å²) >= 11 is 0. The molecule has 5 heteroatoms. The number of rotatable bonds is 8. The molecule has 0 amide bonds. The lowest BCUT2D eigenvalue weighted by atomic mass is 10.5. The van der Waals surface area contributed by atoms with Crippen molar-refractivity contribution in [2.45, 2.75) is 24.4 Å². The van der Waals surface area contributed by atoms with Crippen LogP contribution in [0.25, 0.3) is 0 Å². The van der Waals surface area contributed by atoms with Gasteiger partial charge in [0.25, 0.3) is 0 Å². The van der Waals surface area contributed by atoms with Crippen LogP contribution in [0.1, 0.15) is 6.42 Å². The Hall–Kier alpha value is 0.0569. The molecule has 0 aromatic rings. The fourth-order valence-electron chi connectivity index (χ4n) is 1.49. The van der Waals surface area contributed by atoms with Gasteiger partial charge in [0.05, 0.1) is 0 Å². The predicted octanol–water partition coefficient (Wildman–Crippen LogP) is -0.321. The number of hydrogen-bond acceptors (Lipinski definition) is 4. The summed E-state index contributed by atoms with van der Waals surface area (Å²) in [6.45, 7) is 1.47. The van der Waals surface area contributed by atoms with Crippen molar-refractivity contribution in [3.63, 3.8) is 0 Å². The molecule has 80 valence electrons. The molecule has 0 bridgehead atoms. The Morgan fingerprint density at radius 3 is 2.08 bits per heavy atom. The zero-order chi connectivity index (χ0) is 10.1. The van der Waals surface area contributed by atoms with Crippen LogP contribution in [0, 0.1) is 0 Å². The van der Waals surface area contributed by atoms with Gasteiger partial charge in [-0.2, -0.15) is 0 Å². The highest BCUT2D eigenvalue weighted by Crippen LogP contribution is 2.09. The van der Waals surface area contributed by atoms with E-state index in [0.29, 0.717) is 0 Å². The molecule has 4 nitrogen and oxygen atoms in total. The average Bonchev–Trinajstić information content (AvgIpc) is 2.16. The van der Waals surface area contributed by atoms with E-state index in [1.54, 1.807) is 14.2 Å². The normalized spacial score (nSPS) is 13.6. The van der Waals surface area contributed by atoms with Gasteiger partial charge in [-0.1, -0.05) is 6.04 Å². The first kappa shape index (κ1) is 13.1. The van der Waals surface area contributed by atoms with Crippen molar-refractivity contribution in [2.24, 2.45) is 11.5 Å². The largest absolute Gasteiger partial charge is 0.360 e. The van der Waals surface area contributed by atoms with E-state index >= 15 is 0 Å². The first-order chi connectivity index (χ1) is 6.29. The number of ether oxygens (including phenoxy) is 2. The minimum atomic E-state index is -1.02. The number of nitrogens with two attached hydrogens (primary N) is 2. The number of methoxy groups -OCH3 is 2. The Morgan fingerprint density at radius 1 is 1.08 bits per heavy atom. The zero-order valence-electron chi connectivity index (χ0n) is 8.66. The van der Waals surface area contributed by atoms with Gasteiger partial charge in [-0.3, -0.25) is 0 Å². The fraction of sp³-hybridized carbons (Fsp3) is 1.00. The maximum Gasteiger partial charge on any atom is 0.137 e. The molecule has 0 saturated carbocycles. The quantitative estimate of drug-likeness (QED) is 0.422. The molecule has 0 aromatic heterocycles. The molecule has 0 aliphatic heterocycles. The van der Waals surface area contributed by atoms with Crippen molar-refractivity contribution >= 4 is 8.80 Å². The minimum absolute atomic E-state index is 0.00454. The van der Waals surface area contributed by atoms with E-state index in [1.807, 2.05) is 0 Å². The molecular weight excluding hydrogens is 184 g/mol. The Balaban J connectivity index is 3.88. The van der Waals surface area contributed by atoms with Crippen LogP contribution >= 0.6 is 0 Å². The van der Waals surface area contributed by atoms with Crippen molar-refractivity contribution in [1.29, 1.82) is 0 Å². The molecule has 0 rings (SSSR count). The summed E-state index contributed by atoms with van der Waals surface area (Å²) in [5.41, 5.74) is 11.0. The maximum absolute atomic E-state index is 5.54. The topological polar surface area (TPSA) is 70.5 Å². The summed E-state index contributed by atoms with van der Waals surface area (Å²) in [6.07, 6.45) is 1.06. The second kappa shape index (κ2) is 8.65. The molecule has 1 unspecified atom stereocenters. The first-order valence-electron chi connectivity index (χ1n) is 4.75. The lowest BCUT2D eigenvalue weighted by molar-refractivity contribution is -0.0475. The molecule has 0 saturated heterocycles. The molecule has 0 aromatic carbocycles. The second-order valence-corrected chi connectivity index (χ2v) is 6.33. The lowest BCUT2D eigenvalue weighted by Gasteiger charge is -2.22. The molecule has 0 radical (unpaired) electrons. The third-order valence-electron chi connectivity index (χ3n) is 2.17. The van der Waals surface area contributed by atoms with Gasteiger partial charge in [-0.15, -0.1) is 0 Å². The summed E-state index contributed by atoms with van der Waals surface area (Å²) in [4.78, 5) is 0. The minimum Gasteiger partial charge on any atom is -0.360 e. The highest BCUT2D eigenvalue weighted by molar-refractivity contribution is 6.59. The highest BCUT2D eigenvalue weighted by atomic mass is 28.3. The van der Waals surface area contributed by atoms with Gasteiger partial charge in [0.1, 0.15) is 14.7 Å². The third-order valence-corrected chi connectivity index (χ3v) is 5.70. The monoisotopic (exact) mass is 206 g/mol. The summed E-state index contributed by atoms with van der Waals surface area (Å²) in [7, 11) is 2.36. The summed E-state index contributed by atoms with van der Waals surface area (Å²) in [5, 5.41) is 0. The van der Waals surface area contributed by atoms with Crippen molar-refractivity contribution in [3.8, 4) is 0 Å². The van der Waals surface area contributed by atoms with Crippen LogP contribution < -0.4 is 11.5 Å². The van der Waals surface area contributed by atoms with E-state index in [1.165, 1.54) is 0 Å². The Kier molecular flexibility index (Phi) is 8.68. The molecule has 0 fully saturated rings. The lowest BCUT2D eigenvalue weighted by Crippen LogP contribution is -2.36. The molecule has 0 heterocycles. The SMILES string of the molecule is COC(OC)[SiH](CCN)CCCN. The first-order valence-corrected chi connectivity index (χ1v) is 7.05. The van der Waals surface area contributed by atoms with E-state index in [-0.39, 0.29) is 5.91 Å². The van der Waals surface area contributed by atoms with E-state index in [0.717, 1.165) is 31.6 Å². The van der Waals surface area contributed by atoms with Crippen LogP contribution in [0.4, 0.5) is 0 Å². The molecule has 0 aliphatic carbocycles. The van der Waals surface area contributed by atoms with E-state index in [9.17, 15) is 0 Å². The zero-order valence-corrected chi connectivity index (χ0v) is 9.82. The Bertz CT molecular complexity index is 112. The standard InChI is InChI=1S/C8H22N2O2Si/c1-11-8(12-2)13(7-5-10)6-3-4-9/h8,13H,3-7,9-10H2,1-2H3. The van der Waals surface area contributed by atoms with Crippen LogP contribution in [-0.4, -0.2) is 42.0 Å². The van der Waals surface area contributed by atoms with Crippen molar-refractivity contribution in [3.05, 3.63) is 0 Å². The van der Waals surface area contributed by atoms with Crippen LogP contribution in [0.3, 0.4) is 0 Å². The van der Waals surface area contributed by atoms with E-state index in [4.69, 9.17) is 20.9 Å². The number of hydrogen-bond donors (Lipinski definition) is 2.